The van der Waals surface area contributed by atoms with Gasteiger partial charge in [0.2, 0.25) is 0 Å². The number of hydrogen-bond acceptors (Lipinski definition) is 7. The van der Waals surface area contributed by atoms with Gasteiger partial charge in [0.15, 0.2) is 5.65 Å². The van der Waals surface area contributed by atoms with Crippen LogP contribution in [-0.2, 0) is 12.7 Å². The molecule has 228 valence electrons. The number of carbonyl (C=O) groups excluding carboxylic acids is 1. The molecule has 14 heteroatoms. The van der Waals surface area contributed by atoms with E-state index in [2.05, 4.69) is 25.5 Å². The van der Waals surface area contributed by atoms with E-state index in [1.54, 1.807) is 35.1 Å². The van der Waals surface area contributed by atoms with E-state index in [0.29, 0.717) is 47.7 Å². The summed E-state index contributed by atoms with van der Waals surface area (Å²) in [5.74, 6) is 0.368. The first-order valence-electron chi connectivity index (χ1n) is 14.4. The third kappa shape index (κ3) is 5.30. The molecule has 2 amide bonds. The number of aromatic nitrogens is 5. The van der Waals surface area contributed by atoms with Crippen molar-refractivity contribution in [2.45, 2.75) is 31.6 Å². The number of nitrogen functional groups attached to an aromatic ring is 1. The summed E-state index contributed by atoms with van der Waals surface area (Å²) in [5, 5.41) is 10.9. The van der Waals surface area contributed by atoms with Crippen molar-refractivity contribution in [1.29, 1.82) is 0 Å². The summed E-state index contributed by atoms with van der Waals surface area (Å²) in [7, 11) is 2.00. The maximum Gasteiger partial charge on any atom is 0.416 e. The summed E-state index contributed by atoms with van der Waals surface area (Å²) >= 11 is 0. The molecule has 1 aromatic carbocycles. The second-order valence-electron chi connectivity index (χ2n) is 11.4. The number of imidazole rings is 1. The summed E-state index contributed by atoms with van der Waals surface area (Å²) < 4.78 is 45.9. The zero-order valence-electron chi connectivity index (χ0n) is 24.0. The topological polar surface area (TPSA) is 122 Å². The standard InChI is InChI=1S/C30H31F3N10O/c1-40-12-14-41(15-13-40)17-18-2-3-19(16-21(18)30(31,32)33)37-29(44)38-22-6-7-24(42-11-10-36-28(22)42)26-25-23(8-9-35-27(25)34)43(39-26)20-4-5-20/h2-3,6-11,16,20H,4-5,12-15,17H2,1H3,(H2,34,35)(H2,37,38,44). The number of urea groups is 1. The SMILES string of the molecule is CN1CCN(Cc2ccc(NC(=O)Nc3ccc(-c4nn(C5CC5)c5ccnc(N)c45)n4ccnc34)cc2C(F)(F)F)CC1. The van der Waals surface area contributed by atoms with Crippen LogP contribution in [-0.4, -0.2) is 73.2 Å². The first-order valence-corrected chi connectivity index (χ1v) is 14.4. The van der Waals surface area contributed by atoms with Gasteiger partial charge in [-0.05, 0) is 55.8 Å². The number of hydrogen-bond donors (Lipinski definition) is 3. The lowest BCUT2D eigenvalue weighted by molar-refractivity contribution is -0.138. The zero-order chi connectivity index (χ0) is 30.6. The van der Waals surface area contributed by atoms with Crippen LogP contribution in [0.4, 0.5) is 35.2 Å². The van der Waals surface area contributed by atoms with Crippen molar-refractivity contribution in [3.63, 3.8) is 0 Å². The lowest BCUT2D eigenvalue weighted by Gasteiger charge is -2.33. The Morgan fingerprint density at radius 1 is 1.02 bits per heavy atom. The minimum atomic E-state index is -4.57. The molecule has 4 N–H and O–H groups in total. The average Bonchev–Trinajstić information content (AvgIpc) is 3.56. The molecule has 1 aliphatic carbocycles. The number of nitrogens with two attached hydrogens (primary N) is 1. The van der Waals surface area contributed by atoms with Gasteiger partial charge >= 0.3 is 12.2 Å². The maximum absolute atomic E-state index is 14.0. The van der Waals surface area contributed by atoms with Crippen LogP contribution in [0.1, 0.15) is 30.0 Å². The number of benzene rings is 1. The summed E-state index contributed by atoms with van der Waals surface area (Å²) in [4.78, 5) is 25.9. The molecule has 2 fully saturated rings. The average molecular weight is 605 g/mol. The van der Waals surface area contributed by atoms with E-state index in [9.17, 15) is 18.0 Å². The minimum absolute atomic E-state index is 0.0352. The van der Waals surface area contributed by atoms with Crippen LogP contribution in [0, 0.1) is 0 Å². The number of likely N-dealkylation sites (N-methyl/N-ethyl adjacent to an activating group) is 1. The highest BCUT2D eigenvalue weighted by atomic mass is 19.4. The second-order valence-corrected chi connectivity index (χ2v) is 11.4. The van der Waals surface area contributed by atoms with Gasteiger partial charge in [-0.1, -0.05) is 6.07 Å². The van der Waals surface area contributed by atoms with Crippen molar-refractivity contribution in [2.24, 2.45) is 0 Å². The van der Waals surface area contributed by atoms with Gasteiger partial charge in [-0.15, -0.1) is 0 Å². The Balaban J connectivity index is 1.13. The van der Waals surface area contributed by atoms with Gasteiger partial charge in [0.1, 0.15) is 11.5 Å². The molecule has 5 aromatic rings. The number of nitrogens with one attached hydrogen (secondary N) is 2. The third-order valence-corrected chi connectivity index (χ3v) is 8.25. The van der Waals surface area contributed by atoms with Gasteiger partial charge in [-0.2, -0.15) is 18.3 Å². The lowest BCUT2D eigenvalue weighted by Crippen LogP contribution is -2.44. The van der Waals surface area contributed by atoms with Gasteiger partial charge < -0.3 is 21.3 Å². The molecule has 4 aromatic heterocycles. The molecular formula is C30H31F3N10O. The van der Waals surface area contributed by atoms with Crippen molar-refractivity contribution < 1.29 is 18.0 Å². The van der Waals surface area contributed by atoms with Crippen LogP contribution in [0.25, 0.3) is 27.9 Å². The fourth-order valence-corrected chi connectivity index (χ4v) is 5.78. The molecule has 1 saturated carbocycles. The highest BCUT2D eigenvalue weighted by Gasteiger charge is 2.34. The number of amides is 2. The zero-order valence-corrected chi connectivity index (χ0v) is 24.0. The summed E-state index contributed by atoms with van der Waals surface area (Å²) in [5.41, 5.74) is 8.80. The predicted molar refractivity (Wildman–Crippen MR) is 161 cm³/mol. The van der Waals surface area contributed by atoms with Gasteiger partial charge in [0.05, 0.1) is 33.9 Å². The Labute approximate surface area is 250 Å². The van der Waals surface area contributed by atoms with E-state index in [-0.39, 0.29) is 17.8 Å². The third-order valence-electron chi connectivity index (χ3n) is 8.25. The highest BCUT2D eigenvalue weighted by Crippen LogP contribution is 2.41. The number of fused-ring (bicyclic) bond motifs is 2. The smallest absolute Gasteiger partial charge is 0.383 e. The van der Waals surface area contributed by atoms with Crippen LogP contribution >= 0.6 is 0 Å². The fraction of sp³-hybridized carbons (Fsp3) is 0.333. The number of rotatable bonds is 6. The quantitative estimate of drug-likeness (QED) is 0.247. The van der Waals surface area contributed by atoms with E-state index in [1.165, 1.54) is 12.1 Å². The van der Waals surface area contributed by atoms with Crippen molar-refractivity contribution in [3.05, 3.63) is 66.1 Å². The van der Waals surface area contributed by atoms with Gasteiger partial charge in [-0.3, -0.25) is 14.0 Å². The molecular weight excluding hydrogens is 573 g/mol. The van der Waals surface area contributed by atoms with Gasteiger partial charge in [-0.25, -0.2) is 14.8 Å². The Bertz CT molecular complexity index is 1870. The second kappa shape index (κ2) is 10.8. The summed E-state index contributed by atoms with van der Waals surface area (Å²) in [6.07, 6.45) is 2.53. The van der Waals surface area contributed by atoms with Gasteiger partial charge in [0.25, 0.3) is 0 Å². The number of pyridine rings is 2. The van der Waals surface area contributed by atoms with E-state index in [4.69, 9.17) is 10.8 Å². The highest BCUT2D eigenvalue weighted by molar-refractivity contribution is 6.03. The van der Waals surface area contributed by atoms with Gasteiger partial charge in [0, 0.05) is 57.0 Å². The van der Waals surface area contributed by atoms with E-state index in [1.807, 2.05) is 22.7 Å². The van der Waals surface area contributed by atoms with Crippen LogP contribution < -0.4 is 16.4 Å². The molecule has 0 spiro atoms. The summed E-state index contributed by atoms with van der Waals surface area (Å²) in [6, 6.07) is 8.91. The summed E-state index contributed by atoms with van der Waals surface area (Å²) in [6.45, 7) is 3.19. The lowest BCUT2D eigenvalue weighted by atomic mass is 10.0. The normalized spacial score (nSPS) is 16.5. The van der Waals surface area contributed by atoms with Crippen molar-refractivity contribution in [1.82, 2.24) is 33.9 Å². The van der Waals surface area contributed by atoms with Crippen LogP contribution in [0.15, 0.2) is 55.0 Å². The molecule has 0 unspecified atom stereocenters. The number of carbonyl (C=O) groups is 1. The predicted octanol–water partition coefficient (Wildman–Crippen LogP) is 5.07. The largest absolute Gasteiger partial charge is 0.416 e. The number of nitrogens with zero attached hydrogens (tertiary/aromatic N) is 7. The molecule has 44 heavy (non-hydrogen) atoms. The minimum Gasteiger partial charge on any atom is -0.383 e. The van der Waals surface area contributed by atoms with Crippen LogP contribution in [0.2, 0.25) is 0 Å². The number of anilines is 3. The molecule has 0 bridgehead atoms. The number of halogens is 3. The molecule has 1 aliphatic heterocycles. The molecule has 5 heterocycles. The number of piperazine rings is 1. The van der Waals surface area contributed by atoms with E-state index >= 15 is 0 Å². The van der Waals surface area contributed by atoms with Crippen molar-refractivity contribution in [2.75, 3.05) is 49.6 Å². The Morgan fingerprint density at radius 3 is 2.57 bits per heavy atom. The van der Waals surface area contributed by atoms with Crippen LogP contribution in [0.3, 0.4) is 0 Å². The molecule has 1 saturated heterocycles. The Kier molecular flexibility index (Phi) is 6.89. The Morgan fingerprint density at radius 2 is 1.82 bits per heavy atom. The molecule has 11 nitrogen and oxygen atoms in total. The number of alkyl halides is 3. The molecule has 0 atom stereocenters. The van der Waals surface area contributed by atoms with Crippen molar-refractivity contribution >= 4 is 39.8 Å². The first kappa shape index (κ1) is 28.1. The maximum atomic E-state index is 14.0. The molecule has 0 radical (unpaired) electrons. The molecule has 2 aliphatic rings. The van der Waals surface area contributed by atoms with Crippen LogP contribution in [0.5, 0.6) is 0 Å². The fourth-order valence-electron chi connectivity index (χ4n) is 5.78. The van der Waals surface area contributed by atoms with E-state index < -0.39 is 17.8 Å². The Hall–Kier alpha value is -4.69. The molecule has 7 rings (SSSR count). The first-order chi connectivity index (χ1) is 21.2. The monoisotopic (exact) mass is 604 g/mol. The van der Waals surface area contributed by atoms with E-state index in [0.717, 1.165) is 42.9 Å². The van der Waals surface area contributed by atoms with Crippen molar-refractivity contribution in [3.8, 4) is 11.4 Å².